The summed E-state index contributed by atoms with van der Waals surface area (Å²) in [6, 6.07) is 13.5. The van der Waals surface area contributed by atoms with Crippen LogP contribution in [0.25, 0.3) is 22.2 Å². The van der Waals surface area contributed by atoms with Gasteiger partial charge in [0, 0.05) is 35.8 Å². The van der Waals surface area contributed by atoms with Crippen LogP contribution in [-0.4, -0.2) is 58.7 Å². The summed E-state index contributed by atoms with van der Waals surface area (Å²) in [7, 11) is 1.49. The average Bonchev–Trinajstić information content (AvgIpc) is 2.88. The van der Waals surface area contributed by atoms with Crippen LogP contribution in [0, 0.1) is 5.82 Å². The lowest BCUT2D eigenvalue weighted by Crippen LogP contribution is -2.36. The molecular formula is C24H22FN5O3. The first-order valence-electron chi connectivity index (χ1n) is 10.6. The van der Waals surface area contributed by atoms with Gasteiger partial charge in [0.1, 0.15) is 18.2 Å². The molecule has 0 spiro atoms. The van der Waals surface area contributed by atoms with E-state index in [4.69, 9.17) is 9.47 Å². The second-order valence-electron chi connectivity index (χ2n) is 7.67. The molecule has 0 saturated carbocycles. The first kappa shape index (κ1) is 21.2. The van der Waals surface area contributed by atoms with Crippen molar-refractivity contribution in [3.63, 3.8) is 0 Å². The predicted octanol–water partition coefficient (Wildman–Crippen LogP) is 3.15. The van der Waals surface area contributed by atoms with Gasteiger partial charge in [-0.05, 0) is 42.0 Å². The normalized spacial score (nSPS) is 14.9. The number of aliphatic hydroxyl groups is 1. The van der Waals surface area contributed by atoms with Gasteiger partial charge < -0.3 is 19.5 Å². The summed E-state index contributed by atoms with van der Waals surface area (Å²) in [6.07, 6.45) is 0.349. The standard InChI is InChI=1S/C24H22FN5O3/c1-32-22-7-6-20(28-29-22)24(31)15-2-5-19(25)18(12-15)23-17-4-3-16(13-21(17)26-14-27-23)30-8-10-33-11-9-30/h2-7,12-14,24,31H,8-11H2,1H3/t24-/m0/s1. The van der Waals surface area contributed by atoms with E-state index in [1.165, 1.54) is 25.6 Å². The minimum Gasteiger partial charge on any atom is -0.480 e. The topological polar surface area (TPSA) is 93.5 Å². The zero-order valence-electron chi connectivity index (χ0n) is 18.0. The molecule has 2 aromatic heterocycles. The summed E-state index contributed by atoms with van der Waals surface area (Å²) in [6.45, 7) is 3.00. The van der Waals surface area contributed by atoms with Crippen molar-refractivity contribution in [2.75, 3.05) is 38.3 Å². The minimum absolute atomic E-state index is 0.277. The molecule has 4 aromatic rings. The minimum atomic E-state index is -1.08. The summed E-state index contributed by atoms with van der Waals surface area (Å²) in [5.74, 6) is -0.0985. The highest BCUT2D eigenvalue weighted by atomic mass is 19.1. The van der Waals surface area contributed by atoms with Crippen molar-refractivity contribution in [2.24, 2.45) is 0 Å². The second-order valence-corrected chi connectivity index (χ2v) is 7.67. The molecular weight excluding hydrogens is 425 g/mol. The van der Waals surface area contributed by atoms with Crippen molar-refractivity contribution in [1.29, 1.82) is 0 Å². The maximum absolute atomic E-state index is 14.9. The highest BCUT2D eigenvalue weighted by Gasteiger charge is 2.19. The molecule has 1 N–H and O–H groups in total. The third kappa shape index (κ3) is 4.20. The molecule has 9 heteroatoms. The molecule has 0 aliphatic carbocycles. The fraction of sp³-hybridized carbons (Fsp3) is 0.250. The van der Waals surface area contributed by atoms with Crippen molar-refractivity contribution in [3.05, 3.63) is 71.9 Å². The first-order valence-corrected chi connectivity index (χ1v) is 10.6. The smallest absolute Gasteiger partial charge is 0.233 e. The summed E-state index contributed by atoms with van der Waals surface area (Å²) >= 11 is 0. The van der Waals surface area contributed by atoms with Crippen molar-refractivity contribution in [2.45, 2.75) is 6.10 Å². The number of ether oxygens (including phenoxy) is 2. The Kier molecular flexibility index (Phi) is 5.80. The molecule has 1 aliphatic heterocycles. The number of fused-ring (bicyclic) bond motifs is 1. The van der Waals surface area contributed by atoms with Crippen LogP contribution in [0.4, 0.5) is 10.1 Å². The van der Waals surface area contributed by atoms with E-state index in [9.17, 15) is 9.50 Å². The highest BCUT2D eigenvalue weighted by molar-refractivity contribution is 5.94. The molecule has 8 nitrogen and oxygen atoms in total. The van der Waals surface area contributed by atoms with Gasteiger partial charge in [-0.1, -0.05) is 6.07 Å². The number of hydrogen-bond acceptors (Lipinski definition) is 8. The number of halogens is 1. The number of benzene rings is 2. The van der Waals surface area contributed by atoms with Gasteiger partial charge in [0.05, 0.1) is 37.2 Å². The largest absolute Gasteiger partial charge is 0.480 e. The number of anilines is 1. The summed E-state index contributed by atoms with van der Waals surface area (Å²) in [5, 5.41) is 19.4. The molecule has 33 heavy (non-hydrogen) atoms. The monoisotopic (exact) mass is 447 g/mol. The van der Waals surface area contributed by atoms with E-state index in [2.05, 4.69) is 25.1 Å². The van der Waals surface area contributed by atoms with E-state index in [-0.39, 0.29) is 5.56 Å². The van der Waals surface area contributed by atoms with Crippen LogP contribution in [0.2, 0.25) is 0 Å². The molecule has 0 radical (unpaired) electrons. The Bertz CT molecular complexity index is 1280. The van der Waals surface area contributed by atoms with Gasteiger partial charge in [-0.3, -0.25) is 0 Å². The third-order valence-corrected chi connectivity index (χ3v) is 5.71. The molecule has 5 rings (SSSR count). The van der Waals surface area contributed by atoms with Crippen molar-refractivity contribution < 1.29 is 19.0 Å². The van der Waals surface area contributed by atoms with Gasteiger partial charge in [0.15, 0.2) is 0 Å². The number of nitrogens with zero attached hydrogens (tertiary/aromatic N) is 5. The zero-order chi connectivity index (χ0) is 22.8. The van der Waals surface area contributed by atoms with Crippen LogP contribution in [0.15, 0.2) is 54.9 Å². The Hall–Kier alpha value is -3.69. The fourth-order valence-corrected chi connectivity index (χ4v) is 3.93. The number of aromatic nitrogens is 4. The lowest BCUT2D eigenvalue weighted by molar-refractivity contribution is 0.122. The summed E-state index contributed by atoms with van der Waals surface area (Å²) < 4.78 is 25.3. The van der Waals surface area contributed by atoms with Crippen molar-refractivity contribution in [3.8, 4) is 17.1 Å². The maximum atomic E-state index is 14.9. The van der Waals surface area contributed by atoms with E-state index in [0.717, 1.165) is 29.7 Å². The maximum Gasteiger partial charge on any atom is 0.233 e. The van der Waals surface area contributed by atoms with E-state index >= 15 is 0 Å². The predicted molar refractivity (Wildman–Crippen MR) is 121 cm³/mol. The van der Waals surface area contributed by atoms with E-state index < -0.39 is 11.9 Å². The van der Waals surface area contributed by atoms with Crippen LogP contribution in [0.5, 0.6) is 5.88 Å². The van der Waals surface area contributed by atoms with Gasteiger partial charge in [-0.2, -0.15) is 0 Å². The van der Waals surface area contributed by atoms with Gasteiger partial charge in [-0.25, -0.2) is 14.4 Å². The van der Waals surface area contributed by atoms with Crippen molar-refractivity contribution >= 4 is 16.6 Å². The number of aliphatic hydroxyl groups excluding tert-OH is 1. The Labute approximate surface area is 189 Å². The zero-order valence-corrected chi connectivity index (χ0v) is 18.0. The SMILES string of the molecule is COc1ccc([C@@H](O)c2ccc(F)c(-c3ncnc4cc(N5CCOCC5)ccc34)c2)nn1. The molecule has 1 fully saturated rings. The highest BCUT2D eigenvalue weighted by Crippen LogP contribution is 2.32. The van der Waals surface area contributed by atoms with Crippen molar-refractivity contribution in [1.82, 2.24) is 20.2 Å². The quantitative estimate of drug-likeness (QED) is 0.499. The van der Waals surface area contributed by atoms with Crippen LogP contribution >= 0.6 is 0 Å². The van der Waals surface area contributed by atoms with E-state index in [1.54, 1.807) is 18.2 Å². The molecule has 3 heterocycles. The summed E-state index contributed by atoms with van der Waals surface area (Å²) in [5.41, 5.74) is 3.30. The average molecular weight is 447 g/mol. The Morgan fingerprint density at radius 3 is 2.64 bits per heavy atom. The Balaban J connectivity index is 1.52. The van der Waals surface area contributed by atoms with Crippen LogP contribution < -0.4 is 9.64 Å². The molecule has 1 atom stereocenters. The first-order chi connectivity index (χ1) is 16.1. The number of rotatable bonds is 5. The van der Waals surface area contributed by atoms with E-state index in [1.807, 2.05) is 18.2 Å². The molecule has 168 valence electrons. The molecule has 0 bridgehead atoms. The Morgan fingerprint density at radius 1 is 1.03 bits per heavy atom. The van der Waals surface area contributed by atoms with Gasteiger partial charge >= 0.3 is 0 Å². The number of morpholine rings is 1. The summed E-state index contributed by atoms with van der Waals surface area (Å²) in [4.78, 5) is 11.0. The number of hydrogen-bond donors (Lipinski definition) is 1. The lowest BCUT2D eigenvalue weighted by atomic mass is 9.99. The molecule has 1 saturated heterocycles. The lowest BCUT2D eigenvalue weighted by Gasteiger charge is -2.29. The third-order valence-electron chi connectivity index (χ3n) is 5.71. The van der Waals surface area contributed by atoms with Crippen LogP contribution in [0.3, 0.4) is 0 Å². The van der Waals surface area contributed by atoms with Gasteiger partial charge in [0.2, 0.25) is 5.88 Å². The van der Waals surface area contributed by atoms with Crippen LogP contribution in [0.1, 0.15) is 17.4 Å². The van der Waals surface area contributed by atoms with Gasteiger partial charge in [0.25, 0.3) is 0 Å². The molecule has 2 aromatic carbocycles. The molecule has 1 aliphatic rings. The molecule has 0 amide bonds. The number of methoxy groups -OCH3 is 1. The Morgan fingerprint density at radius 2 is 1.88 bits per heavy atom. The van der Waals surface area contributed by atoms with Gasteiger partial charge in [-0.15, -0.1) is 10.2 Å². The fourth-order valence-electron chi connectivity index (χ4n) is 3.93. The van der Waals surface area contributed by atoms with E-state index in [0.29, 0.717) is 36.0 Å². The molecule has 0 unspecified atom stereocenters. The van der Waals surface area contributed by atoms with Crippen LogP contribution in [-0.2, 0) is 4.74 Å². The second kappa shape index (κ2) is 9.05.